The quantitative estimate of drug-likeness (QED) is 0.658. The topological polar surface area (TPSA) is 74.2 Å². The number of nitrogens with one attached hydrogen (secondary N) is 1. The highest BCUT2D eigenvalue weighted by atomic mass is 16.5. The Labute approximate surface area is 139 Å². The Kier molecular flexibility index (Phi) is 6.29. The number of aliphatic hydroxyl groups is 2. The number of nitrogens with zero attached hydrogens (tertiary/aromatic N) is 1. The third kappa shape index (κ3) is 4.24. The number of hydrogen-bond donors (Lipinski definition) is 3. The van der Waals surface area contributed by atoms with Gasteiger partial charge < -0.3 is 25.0 Å². The molecule has 3 saturated heterocycles. The number of piperidine rings is 1. The van der Waals surface area contributed by atoms with Crippen LogP contribution < -0.4 is 5.32 Å². The largest absolute Gasteiger partial charge is 0.394 e. The molecule has 4 atom stereocenters. The highest BCUT2D eigenvalue weighted by molar-refractivity contribution is 4.99. The molecule has 3 heterocycles. The first-order valence-corrected chi connectivity index (χ1v) is 9.18. The first-order valence-electron chi connectivity index (χ1n) is 9.18. The monoisotopic (exact) mass is 328 g/mol. The fraction of sp³-hybridized carbons (Fsp3) is 1.00. The number of likely N-dealkylation sites (tertiary alicyclic amines) is 1. The molecule has 0 aromatic carbocycles. The summed E-state index contributed by atoms with van der Waals surface area (Å²) >= 11 is 0. The third-order valence-electron chi connectivity index (χ3n) is 5.71. The molecule has 0 radical (unpaired) electrons. The van der Waals surface area contributed by atoms with E-state index in [9.17, 15) is 10.2 Å². The van der Waals surface area contributed by atoms with Gasteiger partial charge in [-0.25, -0.2) is 0 Å². The van der Waals surface area contributed by atoms with Crippen molar-refractivity contribution in [3.63, 3.8) is 0 Å². The van der Waals surface area contributed by atoms with Gasteiger partial charge in [0, 0.05) is 25.8 Å². The van der Waals surface area contributed by atoms with Gasteiger partial charge in [0.15, 0.2) is 0 Å². The molecule has 134 valence electrons. The molecular weight excluding hydrogens is 296 g/mol. The SMILES string of the molecule is CC1CCN(C2C(CNC3CCOCC3)OC(CO)C2O)CC1. The molecule has 0 aromatic heterocycles. The molecule has 6 heteroatoms. The van der Waals surface area contributed by atoms with Crippen LogP contribution in [0.4, 0.5) is 0 Å². The van der Waals surface area contributed by atoms with Crippen molar-refractivity contribution < 1.29 is 19.7 Å². The van der Waals surface area contributed by atoms with Gasteiger partial charge in [-0.1, -0.05) is 6.92 Å². The van der Waals surface area contributed by atoms with Crippen LogP contribution in [0.25, 0.3) is 0 Å². The van der Waals surface area contributed by atoms with E-state index in [-0.39, 0.29) is 18.8 Å². The molecule has 3 aliphatic rings. The van der Waals surface area contributed by atoms with Gasteiger partial charge in [0.1, 0.15) is 12.2 Å². The summed E-state index contributed by atoms with van der Waals surface area (Å²) in [7, 11) is 0. The number of ether oxygens (including phenoxy) is 2. The van der Waals surface area contributed by atoms with Crippen molar-refractivity contribution in [3.05, 3.63) is 0 Å². The van der Waals surface area contributed by atoms with Crippen LogP contribution in [-0.2, 0) is 9.47 Å². The van der Waals surface area contributed by atoms with E-state index in [2.05, 4.69) is 17.1 Å². The average molecular weight is 328 g/mol. The van der Waals surface area contributed by atoms with Gasteiger partial charge in [-0.3, -0.25) is 4.90 Å². The summed E-state index contributed by atoms with van der Waals surface area (Å²) in [5, 5.41) is 23.7. The van der Waals surface area contributed by atoms with Gasteiger partial charge in [-0.05, 0) is 44.7 Å². The lowest BCUT2D eigenvalue weighted by molar-refractivity contribution is -0.0230. The summed E-state index contributed by atoms with van der Waals surface area (Å²) in [5.74, 6) is 0.762. The zero-order valence-electron chi connectivity index (χ0n) is 14.2. The molecule has 3 fully saturated rings. The molecule has 3 aliphatic heterocycles. The smallest absolute Gasteiger partial charge is 0.109 e. The number of rotatable bonds is 5. The van der Waals surface area contributed by atoms with Crippen molar-refractivity contribution in [2.24, 2.45) is 5.92 Å². The van der Waals surface area contributed by atoms with Gasteiger partial charge >= 0.3 is 0 Å². The molecule has 3 rings (SSSR count). The molecule has 4 unspecified atom stereocenters. The Bertz CT molecular complexity index is 357. The van der Waals surface area contributed by atoms with Gasteiger partial charge in [-0.2, -0.15) is 0 Å². The Morgan fingerprint density at radius 2 is 1.78 bits per heavy atom. The van der Waals surface area contributed by atoms with Crippen LogP contribution in [0, 0.1) is 5.92 Å². The lowest BCUT2D eigenvalue weighted by atomic mass is 9.94. The highest BCUT2D eigenvalue weighted by Gasteiger charge is 2.46. The lowest BCUT2D eigenvalue weighted by Gasteiger charge is -2.38. The Hall–Kier alpha value is -0.240. The predicted molar refractivity (Wildman–Crippen MR) is 87.4 cm³/mol. The van der Waals surface area contributed by atoms with E-state index in [1.807, 2.05) is 0 Å². The summed E-state index contributed by atoms with van der Waals surface area (Å²) in [5.41, 5.74) is 0. The summed E-state index contributed by atoms with van der Waals surface area (Å²) in [6.07, 6.45) is 3.30. The molecule has 0 bridgehead atoms. The number of hydrogen-bond acceptors (Lipinski definition) is 6. The van der Waals surface area contributed by atoms with Crippen LogP contribution in [0.2, 0.25) is 0 Å². The van der Waals surface area contributed by atoms with E-state index in [1.165, 1.54) is 12.8 Å². The Morgan fingerprint density at radius 3 is 2.43 bits per heavy atom. The van der Waals surface area contributed by atoms with Gasteiger partial charge in [-0.15, -0.1) is 0 Å². The summed E-state index contributed by atoms with van der Waals surface area (Å²) in [6.45, 7) is 6.57. The van der Waals surface area contributed by atoms with Crippen LogP contribution in [0.3, 0.4) is 0 Å². The van der Waals surface area contributed by atoms with Crippen molar-refractivity contribution in [2.75, 3.05) is 39.5 Å². The maximum atomic E-state index is 10.6. The standard InChI is InChI=1S/C17H32N2O4/c1-12-2-6-19(7-3-12)16-14(23-15(11-20)17(16)21)10-18-13-4-8-22-9-5-13/h12-18,20-21H,2-11H2,1H3. The van der Waals surface area contributed by atoms with Crippen molar-refractivity contribution in [1.82, 2.24) is 10.2 Å². The van der Waals surface area contributed by atoms with E-state index in [1.54, 1.807) is 0 Å². The van der Waals surface area contributed by atoms with Crippen LogP contribution in [-0.4, -0.2) is 85.0 Å². The third-order valence-corrected chi connectivity index (χ3v) is 5.71. The van der Waals surface area contributed by atoms with E-state index in [4.69, 9.17) is 9.47 Å². The van der Waals surface area contributed by atoms with Crippen LogP contribution in [0.1, 0.15) is 32.6 Å². The average Bonchev–Trinajstić information content (AvgIpc) is 2.90. The predicted octanol–water partition coefficient (Wildman–Crippen LogP) is -0.0239. The highest BCUT2D eigenvalue weighted by Crippen LogP contribution is 2.29. The van der Waals surface area contributed by atoms with Gasteiger partial charge in [0.25, 0.3) is 0 Å². The first-order chi connectivity index (χ1) is 11.2. The summed E-state index contributed by atoms with van der Waals surface area (Å²) < 4.78 is 11.4. The molecule has 0 aliphatic carbocycles. The molecule has 0 amide bonds. The number of aliphatic hydroxyl groups excluding tert-OH is 2. The normalized spacial score (nSPS) is 38.2. The minimum atomic E-state index is -0.602. The molecular formula is C17H32N2O4. The molecule has 3 N–H and O–H groups in total. The van der Waals surface area contributed by atoms with Crippen molar-refractivity contribution >= 4 is 0 Å². The van der Waals surface area contributed by atoms with Crippen LogP contribution in [0.5, 0.6) is 0 Å². The second kappa shape index (κ2) is 8.23. The molecule has 0 spiro atoms. The minimum absolute atomic E-state index is 0.00742. The molecule has 0 aromatic rings. The molecule has 6 nitrogen and oxygen atoms in total. The molecule has 0 saturated carbocycles. The lowest BCUT2D eigenvalue weighted by Crippen LogP contribution is -2.53. The summed E-state index contributed by atoms with van der Waals surface area (Å²) in [4.78, 5) is 2.37. The zero-order chi connectivity index (χ0) is 16.2. The molecule has 23 heavy (non-hydrogen) atoms. The second-order valence-corrected chi connectivity index (χ2v) is 7.39. The van der Waals surface area contributed by atoms with Crippen LogP contribution in [0.15, 0.2) is 0 Å². The first kappa shape index (κ1) is 17.6. The fourth-order valence-electron chi connectivity index (χ4n) is 4.11. The maximum absolute atomic E-state index is 10.6. The van der Waals surface area contributed by atoms with E-state index in [0.29, 0.717) is 6.04 Å². The second-order valence-electron chi connectivity index (χ2n) is 7.39. The Balaban J connectivity index is 1.58. The van der Waals surface area contributed by atoms with E-state index in [0.717, 1.165) is 51.6 Å². The maximum Gasteiger partial charge on any atom is 0.109 e. The Morgan fingerprint density at radius 1 is 1.09 bits per heavy atom. The van der Waals surface area contributed by atoms with E-state index < -0.39 is 12.2 Å². The fourth-order valence-corrected chi connectivity index (χ4v) is 4.11. The summed E-state index contributed by atoms with van der Waals surface area (Å²) in [6, 6.07) is 0.465. The van der Waals surface area contributed by atoms with E-state index >= 15 is 0 Å². The minimum Gasteiger partial charge on any atom is -0.394 e. The van der Waals surface area contributed by atoms with Gasteiger partial charge in [0.05, 0.1) is 18.8 Å². The van der Waals surface area contributed by atoms with Crippen molar-refractivity contribution in [1.29, 1.82) is 0 Å². The van der Waals surface area contributed by atoms with Crippen molar-refractivity contribution in [3.8, 4) is 0 Å². The van der Waals surface area contributed by atoms with Gasteiger partial charge in [0.2, 0.25) is 0 Å². The zero-order valence-corrected chi connectivity index (χ0v) is 14.2. The van der Waals surface area contributed by atoms with Crippen molar-refractivity contribution in [2.45, 2.75) is 63.0 Å². The van der Waals surface area contributed by atoms with Crippen LogP contribution >= 0.6 is 0 Å².